The number of rotatable bonds is 5. The fourth-order valence-corrected chi connectivity index (χ4v) is 1.98. The zero-order valence-corrected chi connectivity index (χ0v) is 10.4. The van der Waals surface area contributed by atoms with Crippen molar-refractivity contribution < 1.29 is 14.3 Å². The van der Waals surface area contributed by atoms with Crippen molar-refractivity contribution in [2.75, 3.05) is 0 Å². The Bertz CT molecular complexity index is 483. The molecule has 0 amide bonds. The first-order valence-electron chi connectivity index (χ1n) is 6.28. The third-order valence-electron chi connectivity index (χ3n) is 3.01. The molecule has 0 aromatic heterocycles. The number of hydrogen-bond donors (Lipinski definition) is 0. The number of carbonyl (C=O) groups excluding carboxylic acids is 2. The maximum Gasteiger partial charge on any atom is 0.346 e. The minimum atomic E-state index is -0.581. The van der Waals surface area contributed by atoms with Gasteiger partial charge in [0.2, 0.25) is 0 Å². The van der Waals surface area contributed by atoms with E-state index in [-0.39, 0.29) is 0 Å². The molecule has 0 fully saturated rings. The Kier molecular flexibility index (Phi) is 3.92. The van der Waals surface area contributed by atoms with Crippen LogP contribution in [0.1, 0.15) is 37.3 Å². The van der Waals surface area contributed by atoms with Gasteiger partial charge < -0.3 is 4.74 Å². The van der Waals surface area contributed by atoms with Crippen LogP contribution in [0.4, 0.5) is 0 Å². The Morgan fingerprint density at radius 1 is 1.06 bits per heavy atom. The molecule has 94 valence electrons. The van der Waals surface area contributed by atoms with Gasteiger partial charge in [0.15, 0.2) is 0 Å². The van der Waals surface area contributed by atoms with E-state index in [2.05, 4.69) is 11.7 Å². The summed E-state index contributed by atoms with van der Waals surface area (Å²) >= 11 is 0. The van der Waals surface area contributed by atoms with Gasteiger partial charge in [0.1, 0.15) is 0 Å². The molecule has 0 atom stereocenters. The maximum atomic E-state index is 11.4. The lowest BCUT2D eigenvalue weighted by Crippen LogP contribution is -2.01. The number of esters is 2. The number of carbonyl (C=O) groups is 2. The summed E-state index contributed by atoms with van der Waals surface area (Å²) in [7, 11) is 0. The topological polar surface area (TPSA) is 43.4 Å². The van der Waals surface area contributed by atoms with E-state index in [0.717, 1.165) is 12.0 Å². The summed E-state index contributed by atoms with van der Waals surface area (Å²) in [4.78, 5) is 22.3. The zero-order valence-electron chi connectivity index (χ0n) is 10.4. The number of ether oxygens (including phenoxy) is 1. The normalized spacial score (nSPS) is 14.6. The minimum Gasteiger partial charge on any atom is -0.386 e. The number of unbranched alkanes of at least 4 members (excludes halogenated alkanes) is 2. The average Bonchev–Trinajstić information content (AvgIpc) is 2.70. The highest BCUT2D eigenvalue weighted by Gasteiger charge is 2.24. The fourth-order valence-electron chi connectivity index (χ4n) is 1.98. The lowest BCUT2D eigenvalue weighted by Gasteiger charge is -2.03. The summed E-state index contributed by atoms with van der Waals surface area (Å²) in [5, 5.41) is 0. The average molecular weight is 244 g/mol. The van der Waals surface area contributed by atoms with Crippen LogP contribution >= 0.6 is 0 Å². The lowest BCUT2D eigenvalue weighted by molar-refractivity contribution is -0.149. The van der Waals surface area contributed by atoms with Crippen LogP contribution in [0.15, 0.2) is 30.3 Å². The summed E-state index contributed by atoms with van der Waals surface area (Å²) in [6.07, 6.45) is 5.91. The zero-order chi connectivity index (χ0) is 13.0. The van der Waals surface area contributed by atoms with E-state index in [1.54, 1.807) is 0 Å². The van der Waals surface area contributed by atoms with Gasteiger partial charge in [0.25, 0.3) is 0 Å². The molecule has 1 aromatic rings. The van der Waals surface area contributed by atoms with E-state index < -0.39 is 11.9 Å². The van der Waals surface area contributed by atoms with Crippen molar-refractivity contribution in [1.82, 2.24) is 0 Å². The maximum absolute atomic E-state index is 11.4. The van der Waals surface area contributed by atoms with Crippen LogP contribution in [0.5, 0.6) is 0 Å². The van der Waals surface area contributed by atoms with Crippen LogP contribution < -0.4 is 0 Å². The van der Waals surface area contributed by atoms with Crippen LogP contribution in [0.2, 0.25) is 0 Å². The van der Waals surface area contributed by atoms with E-state index in [4.69, 9.17) is 0 Å². The van der Waals surface area contributed by atoms with Gasteiger partial charge in [0.05, 0.1) is 5.57 Å². The monoisotopic (exact) mass is 244 g/mol. The first-order valence-corrected chi connectivity index (χ1v) is 6.28. The van der Waals surface area contributed by atoms with Crippen molar-refractivity contribution in [2.45, 2.75) is 32.6 Å². The van der Waals surface area contributed by atoms with E-state index in [9.17, 15) is 9.59 Å². The largest absolute Gasteiger partial charge is 0.386 e. The molecule has 0 aliphatic carbocycles. The second-order valence-corrected chi connectivity index (χ2v) is 4.42. The highest BCUT2D eigenvalue weighted by Crippen LogP contribution is 2.21. The minimum absolute atomic E-state index is 0.347. The molecular formula is C15H16O3. The summed E-state index contributed by atoms with van der Waals surface area (Å²) < 4.78 is 4.47. The summed E-state index contributed by atoms with van der Waals surface area (Å²) in [5.74, 6) is -1.14. The molecule has 3 heteroatoms. The lowest BCUT2D eigenvalue weighted by atomic mass is 10.0. The Hall–Kier alpha value is -1.90. The van der Waals surface area contributed by atoms with Gasteiger partial charge in [-0.1, -0.05) is 44.0 Å². The van der Waals surface area contributed by atoms with Gasteiger partial charge >= 0.3 is 11.9 Å². The number of cyclic esters (lactones) is 2. The van der Waals surface area contributed by atoms with Crippen LogP contribution in [-0.2, 0) is 20.7 Å². The van der Waals surface area contributed by atoms with E-state index >= 15 is 0 Å². The molecule has 1 heterocycles. The van der Waals surface area contributed by atoms with Crippen molar-refractivity contribution in [3.05, 3.63) is 41.5 Å². The Morgan fingerprint density at radius 3 is 2.33 bits per heavy atom. The highest BCUT2D eigenvalue weighted by molar-refractivity contribution is 6.28. The predicted octanol–water partition coefficient (Wildman–Crippen LogP) is 2.89. The Morgan fingerprint density at radius 2 is 1.78 bits per heavy atom. The molecular weight excluding hydrogens is 228 g/mol. The first-order chi connectivity index (χ1) is 8.70. The molecule has 2 rings (SSSR count). The molecule has 3 nitrogen and oxygen atoms in total. The molecule has 0 spiro atoms. The van der Waals surface area contributed by atoms with Gasteiger partial charge in [0, 0.05) is 6.08 Å². The van der Waals surface area contributed by atoms with Crippen molar-refractivity contribution in [1.29, 1.82) is 0 Å². The van der Waals surface area contributed by atoms with Gasteiger partial charge in [-0.05, 0) is 24.0 Å². The molecule has 1 aromatic carbocycles. The standard InChI is InChI=1S/C15H16O3/c1-2-3-4-5-11-6-8-12(9-7-11)13-10-14(16)18-15(13)17/h6-10H,2-5H2,1H3. The smallest absolute Gasteiger partial charge is 0.346 e. The molecule has 18 heavy (non-hydrogen) atoms. The molecule has 0 unspecified atom stereocenters. The highest BCUT2D eigenvalue weighted by atomic mass is 16.6. The van der Waals surface area contributed by atoms with Crippen LogP contribution in [0.3, 0.4) is 0 Å². The fraction of sp³-hybridized carbons (Fsp3) is 0.333. The second-order valence-electron chi connectivity index (χ2n) is 4.42. The van der Waals surface area contributed by atoms with Crippen molar-refractivity contribution in [2.24, 2.45) is 0 Å². The van der Waals surface area contributed by atoms with E-state index in [0.29, 0.717) is 5.57 Å². The molecule has 0 bridgehead atoms. The molecule has 0 saturated heterocycles. The summed E-state index contributed by atoms with van der Waals surface area (Å²) in [5.41, 5.74) is 2.34. The predicted molar refractivity (Wildman–Crippen MR) is 68.7 cm³/mol. The Balaban J connectivity index is 2.06. The van der Waals surface area contributed by atoms with Gasteiger partial charge in [-0.2, -0.15) is 0 Å². The molecule has 1 aliphatic heterocycles. The molecule has 0 N–H and O–H groups in total. The number of aryl methyl sites for hydroxylation is 1. The molecule has 1 aliphatic rings. The van der Waals surface area contributed by atoms with E-state index in [1.165, 1.54) is 30.9 Å². The SMILES string of the molecule is CCCCCc1ccc(C2=CC(=O)OC2=O)cc1. The van der Waals surface area contributed by atoms with Gasteiger partial charge in [-0.3, -0.25) is 0 Å². The van der Waals surface area contributed by atoms with Crippen molar-refractivity contribution in [3.8, 4) is 0 Å². The summed E-state index contributed by atoms with van der Waals surface area (Å²) in [6, 6.07) is 7.74. The third-order valence-corrected chi connectivity index (χ3v) is 3.01. The van der Waals surface area contributed by atoms with Gasteiger partial charge in [-0.25, -0.2) is 9.59 Å². The molecule has 0 radical (unpaired) electrons. The molecule has 0 saturated carbocycles. The van der Waals surface area contributed by atoms with Crippen molar-refractivity contribution in [3.63, 3.8) is 0 Å². The number of hydrogen-bond acceptors (Lipinski definition) is 3. The van der Waals surface area contributed by atoms with Crippen LogP contribution in [0.25, 0.3) is 5.57 Å². The van der Waals surface area contributed by atoms with Gasteiger partial charge in [-0.15, -0.1) is 0 Å². The Labute approximate surface area is 106 Å². The first kappa shape index (κ1) is 12.6. The van der Waals surface area contributed by atoms with Crippen molar-refractivity contribution >= 4 is 17.5 Å². The quantitative estimate of drug-likeness (QED) is 0.454. The number of benzene rings is 1. The van der Waals surface area contributed by atoms with E-state index in [1.807, 2.05) is 24.3 Å². The van der Waals surface area contributed by atoms with Crippen LogP contribution in [0, 0.1) is 0 Å². The second kappa shape index (κ2) is 5.63. The summed E-state index contributed by atoms with van der Waals surface area (Å²) in [6.45, 7) is 2.18. The van der Waals surface area contributed by atoms with Crippen LogP contribution in [-0.4, -0.2) is 11.9 Å². The third kappa shape index (κ3) is 2.86.